The summed E-state index contributed by atoms with van der Waals surface area (Å²) in [7, 11) is 0. The Hall–Kier alpha value is -1.06. The Kier molecular flexibility index (Phi) is 2.01. The third kappa shape index (κ3) is 1.13. The van der Waals surface area contributed by atoms with Crippen LogP contribution in [0, 0.1) is 11.8 Å². The van der Waals surface area contributed by atoms with Crippen molar-refractivity contribution in [1.82, 2.24) is 5.32 Å². The van der Waals surface area contributed by atoms with Crippen LogP contribution in [0.4, 0.5) is 0 Å². The van der Waals surface area contributed by atoms with Crippen LogP contribution in [0.15, 0.2) is 0 Å². The first kappa shape index (κ1) is 9.49. The summed E-state index contributed by atoms with van der Waals surface area (Å²) in [6.07, 6.45) is 3.78. The predicted molar refractivity (Wildman–Crippen MR) is 49.6 cm³/mol. The second kappa shape index (κ2) is 2.97. The maximum absolute atomic E-state index is 11.2. The summed E-state index contributed by atoms with van der Waals surface area (Å²) in [5.41, 5.74) is -0.938. The van der Waals surface area contributed by atoms with Gasteiger partial charge in [-0.05, 0) is 31.1 Å². The standard InChI is InChI=1S/C10H15NO3/c1-6(12)11-10(9(13)14)5-7-3-2-4-8(7)10/h7-8H,2-5H2,1H3,(H,11,12)(H,13,14). The number of carboxylic acids is 1. The number of fused-ring (bicyclic) bond motifs is 1. The van der Waals surface area contributed by atoms with E-state index in [-0.39, 0.29) is 11.8 Å². The molecule has 78 valence electrons. The van der Waals surface area contributed by atoms with E-state index in [4.69, 9.17) is 5.11 Å². The monoisotopic (exact) mass is 197 g/mol. The Bertz CT molecular complexity index is 289. The van der Waals surface area contributed by atoms with Crippen molar-refractivity contribution in [2.45, 2.75) is 38.1 Å². The number of aliphatic carboxylic acids is 1. The number of carbonyl (C=O) groups excluding carboxylic acids is 1. The van der Waals surface area contributed by atoms with Gasteiger partial charge in [0.05, 0.1) is 0 Å². The molecule has 0 aromatic carbocycles. The Morgan fingerprint density at radius 3 is 2.64 bits per heavy atom. The third-order valence-electron chi connectivity index (χ3n) is 3.66. The molecule has 2 N–H and O–H groups in total. The van der Waals surface area contributed by atoms with Gasteiger partial charge in [-0.3, -0.25) is 4.79 Å². The first-order chi connectivity index (χ1) is 6.56. The van der Waals surface area contributed by atoms with Crippen LogP contribution in [-0.4, -0.2) is 22.5 Å². The van der Waals surface area contributed by atoms with Crippen LogP contribution in [0.3, 0.4) is 0 Å². The minimum absolute atomic E-state index is 0.170. The lowest BCUT2D eigenvalue weighted by Gasteiger charge is -2.49. The number of amides is 1. The molecule has 0 aliphatic heterocycles. The average Bonchev–Trinajstić information content (AvgIpc) is 2.42. The zero-order valence-corrected chi connectivity index (χ0v) is 8.25. The van der Waals surface area contributed by atoms with Crippen molar-refractivity contribution in [2.75, 3.05) is 0 Å². The summed E-state index contributed by atoms with van der Waals surface area (Å²) in [6, 6.07) is 0. The quantitative estimate of drug-likeness (QED) is 0.687. The van der Waals surface area contributed by atoms with Crippen molar-refractivity contribution in [2.24, 2.45) is 11.8 Å². The lowest BCUT2D eigenvalue weighted by molar-refractivity contribution is -0.159. The van der Waals surface area contributed by atoms with Gasteiger partial charge in [0.15, 0.2) is 0 Å². The molecule has 2 aliphatic carbocycles. The smallest absolute Gasteiger partial charge is 0.329 e. The van der Waals surface area contributed by atoms with E-state index in [1.54, 1.807) is 0 Å². The normalized spacial score (nSPS) is 39.8. The summed E-state index contributed by atoms with van der Waals surface area (Å²) in [5, 5.41) is 11.8. The van der Waals surface area contributed by atoms with Crippen molar-refractivity contribution in [3.8, 4) is 0 Å². The van der Waals surface area contributed by atoms with Crippen LogP contribution in [0.5, 0.6) is 0 Å². The highest BCUT2D eigenvalue weighted by Crippen LogP contribution is 2.53. The number of hydrogen-bond donors (Lipinski definition) is 2. The largest absolute Gasteiger partial charge is 0.479 e. The molecule has 3 unspecified atom stereocenters. The summed E-state index contributed by atoms with van der Waals surface area (Å²) in [5.74, 6) is -0.407. The summed E-state index contributed by atoms with van der Waals surface area (Å²) >= 11 is 0. The van der Waals surface area contributed by atoms with Gasteiger partial charge in [-0.15, -0.1) is 0 Å². The van der Waals surface area contributed by atoms with Gasteiger partial charge in [0.1, 0.15) is 5.54 Å². The minimum atomic E-state index is -0.938. The Balaban J connectivity index is 2.17. The summed E-state index contributed by atoms with van der Waals surface area (Å²) in [4.78, 5) is 22.1. The van der Waals surface area contributed by atoms with Gasteiger partial charge in [-0.2, -0.15) is 0 Å². The van der Waals surface area contributed by atoms with Gasteiger partial charge >= 0.3 is 5.97 Å². The fraction of sp³-hybridized carbons (Fsp3) is 0.800. The molecule has 1 amide bonds. The number of nitrogens with one attached hydrogen (secondary N) is 1. The van der Waals surface area contributed by atoms with E-state index in [1.807, 2.05) is 0 Å². The lowest BCUT2D eigenvalue weighted by atomic mass is 9.60. The van der Waals surface area contributed by atoms with Gasteiger partial charge in [-0.1, -0.05) is 6.42 Å². The van der Waals surface area contributed by atoms with Gasteiger partial charge in [0.25, 0.3) is 0 Å². The molecular formula is C10H15NO3. The van der Waals surface area contributed by atoms with Crippen molar-refractivity contribution in [1.29, 1.82) is 0 Å². The molecule has 2 rings (SSSR count). The SMILES string of the molecule is CC(=O)NC1(C(=O)O)CC2CCCC21. The molecule has 0 bridgehead atoms. The molecule has 0 heterocycles. The van der Waals surface area contributed by atoms with E-state index >= 15 is 0 Å². The molecule has 4 nitrogen and oxygen atoms in total. The number of rotatable bonds is 2. The van der Waals surface area contributed by atoms with Gasteiger partial charge in [0, 0.05) is 6.92 Å². The van der Waals surface area contributed by atoms with Crippen LogP contribution in [0.1, 0.15) is 32.6 Å². The van der Waals surface area contributed by atoms with Crippen molar-refractivity contribution in [3.63, 3.8) is 0 Å². The Morgan fingerprint density at radius 1 is 1.43 bits per heavy atom. The number of carbonyl (C=O) groups is 2. The first-order valence-electron chi connectivity index (χ1n) is 5.08. The molecule has 3 atom stereocenters. The van der Waals surface area contributed by atoms with Crippen molar-refractivity contribution in [3.05, 3.63) is 0 Å². The second-order valence-corrected chi connectivity index (χ2v) is 4.46. The maximum Gasteiger partial charge on any atom is 0.329 e. The highest BCUT2D eigenvalue weighted by Gasteiger charge is 2.60. The molecule has 0 aromatic rings. The number of hydrogen-bond acceptors (Lipinski definition) is 2. The zero-order valence-electron chi connectivity index (χ0n) is 8.25. The molecule has 2 aliphatic rings. The van der Waals surface area contributed by atoms with E-state index in [0.717, 1.165) is 19.3 Å². The maximum atomic E-state index is 11.2. The van der Waals surface area contributed by atoms with Crippen LogP contribution in [-0.2, 0) is 9.59 Å². The average molecular weight is 197 g/mol. The number of carboxylic acid groups (broad SMARTS) is 1. The van der Waals surface area contributed by atoms with Crippen molar-refractivity contribution < 1.29 is 14.7 Å². The van der Waals surface area contributed by atoms with Crippen LogP contribution in [0.25, 0.3) is 0 Å². The van der Waals surface area contributed by atoms with Gasteiger partial charge in [-0.25, -0.2) is 4.79 Å². The summed E-state index contributed by atoms with van der Waals surface area (Å²) < 4.78 is 0. The van der Waals surface area contributed by atoms with Crippen molar-refractivity contribution >= 4 is 11.9 Å². The van der Waals surface area contributed by atoms with Crippen LogP contribution in [0.2, 0.25) is 0 Å². The minimum Gasteiger partial charge on any atom is -0.479 e. The molecule has 0 spiro atoms. The Morgan fingerprint density at radius 2 is 2.14 bits per heavy atom. The molecule has 4 heteroatoms. The van der Waals surface area contributed by atoms with Crippen LogP contribution < -0.4 is 5.32 Å². The fourth-order valence-electron chi connectivity index (χ4n) is 3.09. The fourth-order valence-corrected chi connectivity index (χ4v) is 3.09. The van der Waals surface area contributed by atoms with E-state index in [9.17, 15) is 9.59 Å². The van der Waals surface area contributed by atoms with E-state index < -0.39 is 11.5 Å². The van der Waals surface area contributed by atoms with Gasteiger partial charge in [0.2, 0.25) is 5.91 Å². The van der Waals surface area contributed by atoms with E-state index in [0.29, 0.717) is 12.3 Å². The molecule has 0 aromatic heterocycles. The highest BCUT2D eigenvalue weighted by atomic mass is 16.4. The molecule has 2 fully saturated rings. The topological polar surface area (TPSA) is 66.4 Å². The van der Waals surface area contributed by atoms with Crippen LogP contribution >= 0.6 is 0 Å². The highest BCUT2D eigenvalue weighted by molar-refractivity contribution is 5.87. The molecule has 14 heavy (non-hydrogen) atoms. The zero-order chi connectivity index (χ0) is 10.3. The van der Waals surface area contributed by atoms with E-state index in [2.05, 4.69) is 5.32 Å². The third-order valence-corrected chi connectivity index (χ3v) is 3.66. The molecule has 0 radical (unpaired) electrons. The molecule has 0 saturated heterocycles. The predicted octanol–water partition coefficient (Wildman–Crippen LogP) is 0.766. The molecular weight excluding hydrogens is 182 g/mol. The molecule has 2 saturated carbocycles. The first-order valence-corrected chi connectivity index (χ1v) is 5.08. The Labute approximate surface area is 82.7 Å². The second-order valence-electron chi connectivity index (χ2n) is 4.46. The van der Waals surface area contributed by atoms with Gasteiger partial charge < -0.3 is 10.4 Å². The van der Waals surface area contributed by atoms with E-state index in [1.165, 1.54) is 6.92 Å². The lowest BCUT2D eigenvalue weighted by Crippen LogP contribution is -2.67. The summed E-state index contributed by atoms with van der Waals surface area (Å²) in [6.45, 7) is 1.38.